The maximum atomic E-state index is 7.71. The van der Waals surface area contributed by atoms with Crippen LogP contribution in [-0.2, 0) is 6.42 Å². The Morgan fingerprint density at radius 1 is 1.25 bits per heavy atom. The molecule has 0 bridgehead atoms. The van der Waals surface area contributed by atoms with Crippen molar-refractivity contribution >= 4 is 15.9 Å². The van der Waals surface area contributed by atoms with Gasteiger partial charge in [0.25, 0.3) is 0 Å². The average Bonchev–Trinajstić information content (AvgIpc) is 1.91. The summed E-state index contributed by atoms with van der Waals surface area (Å²) in [6.07, 6.45) is 0.806. The summed E-state index contributed by atoms with van der Waals surface area (Å²) in [7, 11) is 0. The second kappa shape index (κ2) is 3.58. The molecule has 12 heavy (non-hydrogen) atoms. The van der Waals surface area contributed by atoms with Crippen molar-refractivity contribution in [1.29, 1.82) is 0 Å². The molecule has 0 aliphatic heterocycles. The monoisotopic (exact) mass is 226 g/mol. The number of hydrogen-bond acceptors (Lipinski definition) is 0. The van der Waals surface area contributed by atoms with Crippen molar-refractivity contribution in [3.63, 3.8) is 0 Å². The molecule has 0 unspecified atom stereocenters. The summed E-state index contributed by atoms with van der Waals surface area (Å²) < 4.78 is 1.09. The van der Waals surface area contributed by atoms with Gasteiger partial charge in [-0.05, 0) is 38.0 Å². The number of hydrogen-bond donors (Lipinski definition) is 0. The van der Waals surface area contributed by atoms with Crippen LogP contribution in [0.3, 0.4) is 0 Å². The Kier molecular flexibility index (Phi) is 2.91. The third kappa shape index (κ3) is 3.37. The van der Waals surface area contributed by atoms with Gasteiger partial charge in [-0.15, -0.1) is 0 Å². The molecule has 1 aromatic carbocycles. The molecule has 1 rings (SSSR count). The van der Waals surface area contributed by atoms with Gasteiger partial charge < -0.3 is 0 Å². The summed E-state index contributed by atoms with van der Waals surface area (Å²) in [4.78, 5) is 0. The molecule has 1 aromatic rings. The molecule has 0 aliphatic carbocycles. The van der Waals surface area contributed by atoms with Crippen LogP contribution in [-0.4, -0.2) is 5.54 Å². The highest BCUT2D eigenvalue weighted by molar-refractivity contribution is 9.10. The highest BCUT2D eigenvalue weighted by Crippen LogP contribution is 2.15. The molecule has 0 heterocycles. The van der Waals surface area contributed by atoms with Gasteiger partial charge >= 0.3 is 0 Å². The zero-order valence-corrected chi connectivity index (χ0v) is 8.98. The highest BCUT2D eigenvalue weighted by Gasteiger charge is 2.11. The molecular weight excluding hydrogens is 214 g/mol. The predicted octanol–water partition coefficient (Wildman–Crippen LogP) is 3.05. The lowest BCUT2D eigenvalue weighted by atomic mass is 9.96. The van der Waals surface area contributed by atoms with Gasteiger partial charge in [-0.2, -0.15) is 0 Å². The van der Waals surface area contributed by atoms with Gasteiger partial charge in [-0.1, -0.05) is 28.1 Å². The van der Waals surface area contributed by atoms with E-state index in [1.807, 2.05) is 26.0 Å². The van der Waals surface area contributed by atoms with Crippen LogP contribution in [0, 0.1) is 0 Å². The smallest absolute Gasteiger partial charge is 0.0307 e. The molecule has 0 saturated carbocycles. The topological polar surface area (TPSA) is 23.8 Å². The van der Waals surface area contributed by atoms with Crippen LogP contribution in [0.5, 0.6) is 0 Å². The van der Waals surface area contributed by atoms with Crippen LogP contribution >= 0.6 is 15.9 Å². The van der Waals surface area contributed by atoms with Crippen LogP contribution < -0.4 is 5.73 Å². The van der Waals surface area contributed by atoms with E-state index in [1.165, 1.54) is 5.56 Å². The molecule has 0 aliphatic rings. The normalized spacial score (nSPS) is 11.7. The Balaban J connectivity index is 2.71. The minimum absolute atomic E-state index is 0.367. The van der Waals surface area contributed by atoms with E-state index in [9.17, 15) is 0 Å². The quantitative estimate of drug-likeness (QED) is 0.741. The molecule has 1 N–H and O–H groups in total. The molecule has 0 fully saturated rings. The lowest BCUT2D eigenvalue weighted by molar-refractivity contribution is 0.497. The molecule has 1 nitrogen and oxygen atoms in total. The third-order valence-electron chi connectivity index (χ3n) is 1.56. The summed E-state index contributed by atoms with van der Waals surface area (Å²) in [6, 6.07) is 8.14. The SMILES string of the molecule is CC(C)([NH])Cc1ccc(Br)cc1. The lowest BCUT2D eigenvalue weighted by Crippen LogP contribution is -2.24. The summed E-state index contributed by atoms with van der Waals surface area (Å²) in [5.74, 6) is 0. The van der Waals surface area contributed by atoms with Gasteiger partial charge in [0.2, 0.25) is 0 Å². The van der Waals surface area contributed by atoms with E-state index in [0.717, 1.165) is 10.9 Å². The summed E-state index contributed by atoms with van der Waals surface area (Å²) >= 11 is 3.38. The van der Waals surface area contributed by atoms with Crippen molar-refractivity contribution < 1.29 is 0 Å². The predicted molar refractivity (Wildman–Crippen MR) is 55.0 cm³/mol. The van der Waals surface area contributed by atoms with Crippen molar-refractivity contribution in [2.24, 2.45) is 0 Å². The van der Waals surface area contributed by atoms with E-state index < -0.39 is 0 Å². The van der Waals surface area contributed by atoms with Gasteiger partial charge in [0.05, 0.1) is 0 Å². The summed E-state index contributed by atoms with van der Waals surface area (Å²) in [5, 5.41) is 0. The Hall–Kier alpha value is -0.340. The van der Waals surface area contributed by atoms with Gasteiger partial charge in [-0.3, -0.25) is 5.73 Å². The van der Waals surface area contributed by atoms with Gasteiger partial charge in [0, 0.05) is 10.0 Å². The maximum absolute atomic E-state index is 7.71. The van der Waals surface area contributed by atoms with Crippen LogP contribution in [0.4, 0.5) is 0 Å². The van der Waals surface area contributed by atoms with E-state index >= 15 is 0 Å². The largest absolute Gasteiger partial charge is 0.251 e. The molecule has 0 amide bonds. The first kappa shape index (κ1) is 9.75. The van der Waals surface area contributed by atoms with Crippen LogP contribution in [0.25, 0.3) is 0 Å². The Bertz CT molecular complexity index is 246. The van der Waals surface area contributed by atoms with Crippen LogP contribution in [0.1, 0.15) is 19.4 Å². The van der Waals surface area contributed by atoms with E-state index in [-0.39, 0.29) is 5.54 Å². The van der Waals surface area contributed by atoms with Gasteiger partial charge in [0.1, 0.15) is 0 Å². The van der Waals surface area contributed by atoms with Crippen molar-refractivity contribution in [1.82, 2.24) is 5.73 Å². The Morgan fingerprint density at radius 2 is 1.75 bits per heavy atom. The molecule has 0 spiro atoms. The van der Waals surface area contributed by atoms with Crippen molar-refractivity contribution in [2.75, 3.05) is 0 Å². The molecular formula is C10H13BrN. The number of halogens is 1. The molecule has 65 valence electrons. The highest BCUT2D eigenvalue weighted by atomic mass is 79.9. The standard InChI is InChI=1S/C10H13BrN/c1-10(2,12)7-8-3-5-9(11)6-4-8/h3-6,12H,7H2,1-2H3. The number of nitrogens with one attached hydrogen (secondary N) is 1. The van der Waals surface area contributed by atoms with E-state index in [2.05, 4.69) is 28.1 Å². The third-order valence-corrected chi connectivity index (χ3v) is 2.09. The maximum Gasteiger partial charge on any atom is 0.0307 e. The summed E-state index contributed by atoms with van der Waals surface area (Å²) in [6.45, 7) is 3.85. The van der Waals surface area contributed by atoms with Crippen molar-refractivity contribution in [2.45, 2.75) is 25.8 Å². The fraction of sp³-hybridized carbons (Fsp3) is 0.400. The molecule has 0 aromatic heterocycles. The second-order valence-corrected chi connectivity index (χ2v) is 4.60. The molecule has 1 radical (unpaired) electrons. The minimum Gasteiger partial charge on any atom is -0.251 e. The van der Waals surface area contributed by atoms with Crippen LogP contribution in [0.2, 0.25) is 0 Å². The Morgan fingerprint density at radius 3 is 2.17 bits per heavy atom. The average molecular weight is 227 g/mol. The fourth-order valence-electron chi connectivity index (χ4n) is 1.11. The minimum atomic E-state index is -0.367. The van der Waals surface area contributed by atoms with Gasteiger partial charge in [-0.25, -0.2) is 0 Å². The van der Waals surface area contributed by atoms with Crippen molar-refractivity contribution in [3.05, 3.63) is 34.3 Å². The Labute approximate surface area is 82.1 Å². The van der Waals surface area contributed by atoms with Crippen LogP contribution in [0.15, 0.2) is 28.7 Å². The molecule has 2 heteroatoms. The number of rotatable bonds is 2. The second-order valence-electron chi connectivity index (χ2n) is 3.69. The van der Waals surface area contributed by atoms with E-state index in [4.69, 9.17) is 5.73 Å². The van der Waals surface area contributed by atoms with Crippen molar-refractivity contribution in [3.8, 4) is 0 Å². The van der Waals surface area contributed by atoms with Gasteiger partial charge in [0.15, 0.2) is 0 Å². The first-order valence-corrected chi connectivity index (χ1v) is 4.76. The zero-order chi connectivity index (χ0) is 9.19. The first-order valence-electron chi connectivity index (χ1n) is 3.97. The fourth-order valence-corrected chi connectivity index (χ4v) is 1.38. The summed E-state index contributed by atoms with van der Waals surface area (Å²) in [5.41, 5.74) is 8.56. The molecule has 0 saturated heterocycles. The number of benzene rings is 1. The first-order chi connectivity index (χ1) is 5.47. The van der Waals surface area contributed by atoms with E-state index in [1.54, 1.807) is 0 Å². The lowest BCUT2D eigenvalue weighted by Gasteiger charge is -2.16. The van der Waals surface area contributed by atoms with E-state index in [0.29, 0.717) is 0 Å². The molecule has 0 atom stereocenters. The zero-order valence-electron chi connectivity index (χ0n) is 7.39.